The Bertz CT molecular complexity index is 423. The van der Waals surface area contributed by atoms with E-state index in [0.29, 0.717) is 11.7 Å². The Labute approximate surface area is 88.6 Å². The van der Waals surface area contributed by atoms with Crippen LogP contribution in [-0.4, -0.2) is 22.6 Å². The lowest BCUT2D eigenvalue weighted by molar-refractivity contribution is 0.550. The first-order chi connectivity index (χ1) is 7.36. The van der Waals surface area contributed by atoms with Gasteiger partial charge in [0, 0.05) is 18.7 Å². The fourth-order valence-electron chi connectivity index (χ4n) is 2.77. The molecule has 3 rings (SSSR count). The quantitative estimate of drug-likeness (QED) is 0.686. The van der Waals surface area contributed by atoms with Crippen LogP contribution in [0.3, 0.4) is 0 Å². The first-order valence-corrected chi connectivity index (χ1v) is 5.35. The van der Waals surface area contributed by atoms with Gasteiger partial charge in [-0.1, -0.05) is 0 Å². The number of nitrogens with zero attached hydrogens (tertiary/aromatic N) is 4. The minimum Gasteiger partial charge on any atom is -0.353 e. The minimum atomic E-state index is 0.461. The van der Waals surface area contributed by atoms with Crippen molar-refractivity contribution in [1.29, 1.82) is 5.26 Å². The zero-order valence-corrected chi connectivity index (χ0v) is 8.43. The third-order valence-electron chi connectivity index (χ3n) is 3.47. The van der Waals surface area contributed by atoms with E-state index in [-0.39, 0.29) is 0 Å². The highest BCUT2D eigenvalue weighted by molar-refractivity contribution is 5.45. The maximum atomic E-state index is 8.78. The molecule has 0 radical (unpaired) electrons. The molecule has 2 fully saturated rings. The molecule has 1 aliphatic heterocycles. The summed E-state index contributed by atoms with van der Waals surface area (Å²) in [5.74, 6) is 1.77. The average molecular weight is 200 g/mol. The van der Waals surface area contributed by atoms with Crippen LogP contribution in [0.25, 0.3) is 0 Å². The van der Waals surface area contributed by atoms with E-state index in [9.17, 15) is 0 Å². The topological polar surface area (TPSA) is 52.8 Å². The Morgan fingerprint density at radius 2 is 2.33 bits per heavy atom. The van der Waals surface area contributed by atoms with Crippen LogP contribution in [0.15, 0.2) is 12.4 Å². The van der Waals surface area contributed by atoms with Crippen molar-refractivity contribution in [1.82, 2.24) is 9.97 Å². The summed E-state index contributed by atoms with van der Waals surface area (Å²) in [6.07, 6.45) is 5.42. The Kier molecular flexibility index (Phi) is 1.84. The number of aromatic nitrogens is 2. The number of hydrogen-bond acceptors (Lipinski definition) is 4. The maximum absolute atomic E-state index is 8.78. The summed E-state index contributed by atoms with van der Waals surface area (Å²) in [7, 11) is 0. The van der Waals surface area contributed by atoms with Crippen molar-refractivity contribution in [3.05, 3.63) is 18.1 Å². The smallest absolute Gasteiger partial charge is 0.145 e. The van der Waals surface area contributed by atoms with Crippen molar-refractivity contribution in [3.8, 4) is 6.07 Å². The van der Waals surface area contributed by atoms with Crippen LogP contribution < -0.4 is 4.90 Å². The number of rotatable bonds is 1. The molecule has 4 nitrogen and oxygen atoms in total. The van der Waals surface area contributed by atoms with E-state index in [0.717, 1.165) is 18.3 Å². The van der Waals surface area contributed by atoms with Crippen LogP contribution in [0.2, 0.25) is 0 Å². The van der Waals surface area contributed by atoms with E-state index in [2.05, 4.69) is 20.9 Å². The number of nitriles is 1. The fraction of sp³-hybridized carbons (Fsp3) is 0.545. The fourth-order valence-corrected chi connectivity index (χ4v) is 2.77. The van der Waals surface area contributed by atoms with E-state index < -0.39 is 0 Å². The molecule has 4 heteroatoms. The van der Waals surface area contributed by atoms with Gasteiger partial charge in [0.05, 0.1) is 0 Å². The van der Waals surface area contributed by atoms with Crippen LogP contribution in [-0.2, 0) is 0 Å². The molecular formula is C11H12N4. The second-order valence-corrected chi connectivity index (χ2v) is 4.36. The van der Waals surface area contributed by atoms with Gasteiger partial charge in [0.1, 0.15) is 23.9 Å². The van der Waals surface area contributed by atoms with Crippen LogP contribution in [0.4, 0.5) is 5.82 Å². The van der Waals surface area contributed by atoms with Crippen molar-refractivity contribution in [2.45, 2.75) is 25.3 Å². The number of fused-ring (bicyclic) bond motifs is 2. The van der Waals surface area contributed by atoms with Crippen molar-refractivity contribution in [2.24, 2.45) is 5.92 Å². The van der Waals surface area contributed by atoms with Crippen LogP contribution in [0.1, 0.15) is 25.0 Å². The normalized spacial score (nSPS) is 28.1. The van der Waals surface area contributed by atoms with Gasteiger partial charge in [-0.15, -0.1) is 0 Å². The molecule has 0 amide bonds. The lowest BCUT2D eigenvalue weighted by Gasteiger charge is -2.27. The molecule has 0 unspecified atom stereocenters. The first kappa shape index (κ1) is 8.66. The van der Waals surface area contributed by atoms with Gasteiger partial charge < -0.3 is 4.90 Å². The molecule has 0 N–H and O–H groups in total. The molecule has 1 aromatic heterocycles. The Morgan fingerprint density at radius 3 is 3.00 bits per heavy atom. The highest BCUT2D eigenvalue weighted by Gasteiger charge is 2.38. The van der Waals surface area contributed by atoms with E-state index in [1.807, 2.05) is 0 Å². The van der Waals surface area contributed by atoms with Gasteiger partial charge in [-0.25, -0.2) is 9.97 Å². The molecule has 76 valence electrons. The van der Waals surface area contributed by atoms with Crippen molar-refractivity contribution >= 4 is 5.82 Å². The van der Waals surface area contributed by atoms with Crippen molar-refractivity contribution in [3.63, 3.8) is 0 Å². The summed E-state index contributed by atoms with van der Waals surface area (Å²) in [6.45, 7) is 1.10. The van der Waals surface area contributed by atoms with Gasteiger partial charge in [0.2, 0.25) is 0 Å². The summed E-state index contributed by atoms with van der Waals surface area (Å²) in [5, 5.41) is 8.78. The van der Waals surface area contributed by atoms with Crippen LogP contribution in [0, 0.1) is 17.2 Å². The second-order valence-electron chi connectivity index (χ2n) is 4.36. The predicted octanol–water partition coefficient (Wildman–Crippen LogP) is 1.34. The number of piperidine rings is 1. The summed E-state index contributed by atoms with van der Waals surface area (Å²) in [5.41, 5.74) is 0.461. The third-order valence-corrected chi connectivity index (χ3v) is 3.47. The van der Waals surface area contributed by atoms with Gasteiger partial charge in [-0.05, 0) is 25.2 Å². The molecule has 0 spiro atoms. The lowest BCUT2D eigenvalue weighted by Crippen LogP contribution is -2.32. The zero-order chi connectivity index (χ0) is 10.3. The van der Waals surface area contributed by atoms with Gasteiger partial charge in [0.25, 0.3) is 0 Å². The highest BCUT2D eigenvalue weighted by atomic mass is 15.2. The highest BCUT2D eigenvalue weighted by Crippen LogP contribution is 2.39. The monoisotopic (exact) mass is 200 g/mol. The summed E-state index contributed by atoms with van der Waals surface area (Å²) in [4.78, 5) is 10.5. The van der Waals surface area contributed by atoms with Crippen LogP contribution >= 0.6 is 0 Å². The molecule has 2 atom stereocenters. The van der Waals surface area contributed by atoms with Crippen molar-refractivity contribution in [2.75, 3.05) is 11.4 Å². The molecule has 1 aliphatic carbocycles. The van der Waals surface area contributed by atoms with E-state index in [4.69, 9.17) is 5.26 Å². The molecule has 2 aliphatic rings. The van der Waals surface area contributed by atoms with E-state index in [1.165, 1.54) is 25.6 Å². The molecular weight excluding hydrogens is 188 g/mol. The van der Waals surface area contributed by atoms with Gasteiger partial charge in [-0.2, -0.15) is 5.26 Å². The molecule has 15 heavy (non-hydrogen) atoms. The summed E-state index contributed by atoms with van der Waals surface area (Å²) < 4.78 is 0. The van der Waals surface area contributed by atoms with E-state index in [1.54, 1.807) is 6.07 Å². The van der Waals surface area contributed by atoms with Gasteiger partial charge in [0.15, 0.2) is 0 Å². The number of hydrogen-bond donors (Lipinski definition) is 0. The first-order valence-electron chi connectivity index (χ1n) is 5.35. The average Bonchev–Trinajstić information content (AvgIpc) is 2.91. The molecule has 0 aromatic carbocycles. The molecule has 2 bridgehead atoms. The summed E-state index contributed by atoms with van der Waals surface area (Å²) >= 11 is 0. The number of anilines is 1. The van der Waals surface area contributed by atoms with Crippen LogP contribution in [0.5, 0.6) is 0 Å². The summed E-state index contributed by atoms with van der Waals surface area (Å²) in [6, 6.07) is 4.50. The lowest BCUT2D eigenvalue weighted by atomic mass is 10.1. The standard InChI is InChI=1S/C11H12N4/c12-5-9-4-11(14-7-13-9)15-6-8-1-2-10(15)3-8/h4,7-8,10H,1-3,6H2/t8-,10+/m1/s1. The van der Waals surface area contributed by atoms with E-state index >= 15 is 0 Å². The van der Waals surface area contributed by atoms with Gasteiger partial charge in [-0.3, -0.25) is 0 Å². The van der Waals surface area contributed by atoms with Gasteiger partial charge >= 0.3 is 0 Å². The Hall–Kier alpha value is -1.63. The molecule has 1 saturated carbocycles. The SMILES string of the molecule is N#Cc1cc(N2C[C@@H]3CC[C@H]2C3)ncn1. The second kappa shape index (κ2) is 3.20. The molecule has 1 saturated heterocycles. The third kappa shape index (κ3) is 1.35. The Balaban J connectivity index is 1.90. The molecule has 1 aromatic rings. The zero-order valence-electron chi connectivity index (χ0n) is 8.43. The maximum Gasteiger partial charge on any atom is 0.145 e. The minimum absolute atomic E-state index is 0.461. The largest absolute Gasteiger partial charge is 0.353 e. The molecule has 2 heterocycles. The van der Waals surface area contributed by atoms with Crippen molar-refractivity contribution < 1.29 is 0 Å². The predicted molar refractivity (Wildman–Crippen MR) is 55.2 cm³/mol. The Morgan fingerprint density at radius 1 is 1.40 bits per heavy atom.